The second-order valence-corrected chi connectivity index (χ2v) is 6.27. The highest BCUT2D eigenvalue weighted by molar-refractivity contribution is 9.10. The Balaban J connectivity index is 1.76. The first-order valence-electron chi connectivity index (χ1n) is 6.91. The summed E-state index contributed by atoms with van der Waals surface area (Å²) in [5, 5.41) is 8.04. The van der Waals surface area contributed by atoms with Gasteiger partial charge in [0.1, 0.15) is 11.6 Å². The highest BCUT2D eigenvalue weighted by Gasteiger charge is 2.09. The van der Waals surface area contributed by atoms with Gasteiger partial charge in [-0.1, -0.05) is 33.6 Å². The summed E-state index contributed by atoms with van der Waals surface area (Å²) >= 11 is 9.23. The van der Waals surface area contributed by atoms with Crippen LogP contribution in [0.1, 0.15) is 22.9 Å². The van der Waals surface area contributed by atoms with Crippen molar-refractivity contribution >= 4 is 39.7 Å². The van der Waals surface area contributed by atoms with Gasteiger partial charge in [-0.2, -0.15) is 0 Å². The summed E-state index contributed by atoms with van der Waals surface area (Å²) in [6.07, 6.45) is 3.38. The fourth-order valence-corrected chi connectivity index (χ4v) is 2.68. The number of hydrogen-bond acceptors (Lipinski definition) is 3. The van der Waals surface area contributed by atoms with Gasteiger partial charge in [-0.3, -0.25) is 0 Å². The van der Waals surface area contributed by atoms with Crippen molar-refractivity contribution < 1.29 is 13.2 Å². The molecule has 0 fully saturated rings. The molecule has 0 unspecified atom stereocenters. The molecule has 0 aliphatic heterocycles. The second kappa shape index (κ2) is 7.23. The molecule has 1 aromatic heterocycles. The molecule has 3 nitrogen and oxygen atoms in total. The molecule has 0 spiro atoms. The highest BCUT2D eigenvalue weighted by Crippen LogP contribution is 2.21. The lowest BCUT2D eigenvalue weighted by molar-refractivity contribution is 0.491. The molecule has 24 heavy (non-hydrogen) atoms. The van der Waals surface area contributed by atoms with E-state index in [0.29, 0.717) is 11.1 Å². The summed E-state index contributed by atoms with van der Waals surface area (Å²) in [6, 6.07) is 8.72. The molecule has 0 bridgehead atoms. The summed E-state index contributed by atoms with van der Waals surface area (Å²) in [5.74, 6) is -0.211. The SMILES string of the molecule is Fc1ccc(C=Cc2nnc(Cc3cc(Br)ccc3F)o2)c(Cl)c1. The van der Waals surface area contributed by atoms with Crippen LogP contribution < -0.4 is 0 Å². The Bertz CT molecular complexity index is 911. The predicted molar refractivity (Wildman–Crippen MR) is 91.5 cm³/mol. The van der Waals surface area contributed by atoms with E-state index in [1.54, 1.807) is 30.4 Å². The monoisotopic (exact) mass is 410 g/mol. The van der Waals surface area contributed by atoms with Gasteiger partial charge >= 0.3 is 0 Å². The first-order chi connectivity index (χ1) is 11.5. The summed E-state index contributed by atoms with van der Waals surface area (Å²) in [7, 11) is 0. The fourth-order valence-electron chi connectivity index (χ4n) is 2.04. The largest absolute Gasteiger partial charge is 0.421 e. The number of aromatic nitrogens is 2. The minimum Gasteiger partial charge on any atom is -0.421 e. The standard InChI is InChI=1S/C17H10BrClF2N2O/c18-12-3-5-15(21)11(7-12)8-17-23-22-16(24-17)6-2-10-1-4-13(20)9-14(10)19/h1-7,9H,8H2. The van der Waals surface area contributed by atoms with Gasteiger partial charge < -0.3 is 4.42 Å². The van der Waals surface area contributed by atoms with Crippen molar-refractivity contribution in [3.8, 4) is 0 Å². The molecular formula is C17H10BrClF2N2O. The molecule has 2 aromatic carbocycles. The van der Waals surface area contributed by atoms with Gasteiger partial charge in [0.05, 0.1) is 11.4 Å². The smallest absolute Gasteiger partial charge is 0.240 e. The molecule has 0 amide bonds. The average molecular weight is 412 g/mol. The van der Waals surface area contributed by atoms with Gasteiger partial charge in [0.15, 0.2) is 0 Å². The lowest BCUT2D eigenvalue weighted by Crippen LogP contribution is -1.93. The average Bonchev–Trinajstić information content (AvgIpc) is 2.98. The van der Waals surface area contributed by atoms with Gasteiger partial charge in [-0.05, 0) is 47.5 Å². The van der Waals surface area contributed by atoms with E-state index in [2.05, 4.69) is 26.1 Å². The van der Waals surface area contributed by atoms with Crippen LogP contribution in [0.2, 0.25) is 5.02 Å². The molecule has 3 aromatic rings. The van der Waals surface area contributed by atoms with Crippen LogP contribution >= 0.6 is 27.5 Å². The van der Waals surface area contributed by atoms with Crippen LogP contribution in [0, 0.1) is 11.6 Å². The number of hydrogen-bond donors (Lipinski definition) is 0. The molecule has 1 heterocycles. The minimum absolute atomic E-state index is 0.184. The number of halogens is 4. The van der Waals surface area contributed by atoms with E-state index in [9.17, 15) is 8.78 Å². The maximum Gasteiger partial charge on any atom is 0.240 e. The summed E-state index contributed by atoms with van der Waals surface area (Å²) in [4.78, 5) is 0. The third-order valence-electron chi connectivity index (χ3n) is 3.20. The lowest BCUT2D eigenvalue weighted by atomic mass is 10.1. The zero-order valence-electron chi connectivity index (χ0n) is 12.1. The normalized spacial score (nSPS) is 11.3. The van der Waals surface area contributed by atoms with Gasteiger partial charge in [0, 0.05) is 10.5 Å². The van der Waals surface area contributed by atoms with Crippen LogP contribution in [0.3, 0.4) is 0 Å². The molecule has 7 heteroatoms. The molecule has 0 saturated heterocycles. The van der Waals surface area contributed by atoms with Crippen LogP contribution in [-0.4, -0.2) is 10.2 Å². The number of nitrogens with zero attached hydrogens (tertiary/aromatic N) is 2. The van der Waals surface area contributed by atoms with Crippen molar-refractivity contribution in [3.05, 3.63) is 80.4 Å². The maximum atomic E-state index is 13.7. The highest BCUT2D eigenvalue weighted by atomic mass is 79.9. The van der Waals surface area contributed by atoms with Gasteiger partial charge in [0.2, 0.25) is 11.8 Å². The van der Waals surface area contributed by atoms with E-state index in [0.717, 1.165) is 4.47 Å². The quantitative estimate of drug-likeness (QED) is 0.567. The van der Waals surface area contributed by atoms with Crippen LogP contribution in [0.4, 0.5) is 8.78 Å². The molecule has 122 valence electrons. The molecule has 0 aliphatic rings. The summed E-state index contributed by atoms with van der Waals surface area (Å²) in [5.41, 5.74) is 1.07. The third kappa shape index (κ3) is 4.07. The van der Waals surface area contributed by atoms with Crippen LogP contribution in [0.5, 0.6) is 0 Å². The Hall–Kier alpha value is -2.05. The second-order valence-electron chi connectivity index (χ2n) is 4.95. The molecule has 0 atom stereocenters. The van der Waals surface area contributed by atoms with E-state index in [1.807, 2.05) is 0 Å². The summed E-state index contributed by atoms with van der Waals surface area (Å²) < 4.78 is 33.0. The fraction of sp³-hybridized carbons (Fsp3) is 0.0588. The van der Waals surface area contributed by atoms with Crippen molar-refractivity contribution in [2.75, 3.05) is 0 Å². The predicted octanol–water partition coefficient (Wildman–Crippen LogP) is 5.52. The number of rotatable bonds is 4. The van der Waals surface area contributed by atoms with Crippen molar-refractivity contribution in [2.24, 2.45) is 0 Å². The van der Waals surface area contributed by atoms with Crippen LogP contribution in [0.25, 0.3) is 12.2 Å². The van der Waals surface area contributed by atoms with Crippen molar-refractivity contribution in [1.82, 2.24) is 10.2 Å². The molecule has 0 saturated carbocycles. The van der Waals surface area contributed by atoms with E-state index in [4.69, 9.17) is 16.0 Å². The number of benzene rings is 2. The zero-order valence-corrected chi connectivity index (χ0v) is 14.5. The molecule has 3 rings (SSSR count). The minimum atomic E-state index is -0.409. The molecule has 0 radical (unpaired) electrons. The molecule has 0 N–H and O–H groups in total. The Morgan fingerprint density at radius 1 is 1.08 bits per heavy atom. The third-order valence-corrected chi connectivity index (χ3v) is 4.02. The van der Waals surface area contributed by atoms with Gasteiger partial charge in [0.25, 0.3) is 0 Å². The first kappa shape index (κ1) is 16.8. The Morgan fingerprint density at radius 3 is 2.71 bits per heavy atom. The Kier molecular flexibility index (Phi) is 5.06. The van der Waals surface area contributed by atoms with Crippen LogP contribution in [0.15, 0.2) is 45.3 Å². The Morgan fingerprint density at radius 2 is 1.92 bits per heavy atom. The van der Waals surface area contributed by atoms with Crippen molar-refractivity contribution in [3.63, 3.8) is 0 Å². The first-order valence-corrected chi connectivity index (χ1v) is 8.08. The van der Waals surface area contributed by atoms with Crippen molar-refractivity contribution in [1.29, 1.82) is 0 Å². The topological polar surface area (TPSA) is 38.9 Å². The van der Waals surface area contributed by atoms with Crippen molar-refractivity contribution in [2.45, 2.75) is 6.42 Å². The molecule has 0 aliphatic carbocycles. The van der Waals surface area contributed by atoms with Gasteiger partial charge in [-0.25, -0.2) is 8.78 Å². The van der Waals surface area contributed by atoms with E-state index in [-0.39, 0.29) is 29.0 Å². The van der Waals surface area contributed by atoms with E-state index < -0.39 is 5.82 Å². The molecular weight excluding hydrogens is 402 g/mol. The summed E-state index contributed by atoms with van der Waals surface area (Å²) in [6.45, 7) is 0. The Labute approximate surface area is 150 Å². The maximum absolute atomic E-state index is 13.7. The van der Waals surface area contributed by atoms with Crippen LogP contribution in [-0.2, 0) is 6.42 Å². The van der Waals surface area contributed by atoms with E-state index >= 15 is 0 Å². The van der Waals surface area contributed by atoms with Gasteiger partial charge in [-0.15, -0.1) is 10.2 Å². The zero-order chi connectivity index (χ0) is 17.1. The lowest BCUT2D eigenvalue weighted by Gasteiger charge is -2.00. The van der Waals surface area contributed by atoms with E-state index in [1.165, 1.54) is 18.2 Å².